The van der Waals surface area contributed by atoms with Crippen molar-refractivity contribution in [2.75, 3.05) is 0 Å². The van der Waals surface area contributed by atoms with Gasteiger partial charge in [0.25, 0.3) is 0 Å². The largest absolute Gasteiger partial charge is 0.374 e. The van der Waals surface area contributed by atoms with Gasteiger partial charge >= 0.3 is 0 Å². The zero-order valence-corrected chi connectivity index (χ0v) is 15.3. The first-order valence-electron chi connectivity index (χ1n) is 9.79. The van der Waals surface area contributed by atoms with Crippen molar-refractivity contribution in [3.8, 4) is 0 Å². The second kappa shape index (κ2) is 13.5. The van der Waals surface area contributed by atoms with Gasteiger partial charge in [-0.15, -0.1) is 0 Å². The molecule has 0 aromatic rings. The molecule has 23 heavy (non-hydrogen) atoms. The summed E-state index contributed by atoms with van der Waals surface area (Å²) >= 11 is 0. The minimum absolute atomic E-state index is 0.276. The first kappa shape index (κ1) is 20.1. The number of unbranched alkanes of at least 4 members (excludes halogenated alkanes) is 9. The maximum atomic E-state index is 9.65. The fourth-order valence-corrected chi connectivity index (χ4v) is 3.10. The minimum Gasteiger partial charge on any atom is -0.374 e. The number of aliphatic hydroxyl groups excluding tert-OH is 1. The molecule has 3 nitrogen and oxygen atoms in total. The Morgan fingerprint density at radius 3 is 2.26 bits per heavy atom. The maximum Gasteiger partial charge on any atom is 0.125 e. The Hall–Kier alpha value is -0.960. The molecule has 2 N–H and O–H groups in total. The van der Waals surface area contributed by atoms with E-state index < -0.39 is 6.23 Å². The molecule has 134 valence electrons. The summed E-state index contributed by atoms with van der Waals surface area (Å²) < 4.78 is 0. The van der Waals surface area contributed by atoms with Crippen LogP contribution in [0.15, 0.2) is 24.6 Å². The van der Waals surface area contributed by atoms with E-state index in [0.717, 1.165) is 6.42 Å². The zero-order chi connectivity index (χ0) is 16.8. The molecule has 0 aromatic heterocycles. The normalized spacial score (nSPS) is 18.7. The van der Waals surface area contributed by atoms with Gasteiger partial charge in [0.1, 0.15) is 12.4 Å². The molecule has 0 bridgehead atoms. The van der Waals surface area contributed by atoms with Crippen molar-refractivity contribution in [1.29, 1.82) is 0 Å². The van der Waals surface area contributed by atoms with Gasteiger partial charge in [-0.3, -0.25) is 0 Å². The van der Waals surface area contributed by atoms with Crippen LogP contribution in [-0.4, -0.2) is 22.4 Å². The highest BCUT2D eigenvalue weighted by molar-refractivity contribution is 4.94. The van der Waals surface area contributed by atoms with Crippen LogP contribution < -0.4 is 5.32 Å². The second-order valence-electron chi connectivity index (χ2n) is 6.74. The van der Waals surface area contributed by atoms with E-state index in [1.54, 1.807) is 0 Å². The molecule has 2 atom stereocenters. The van der Waals surface area contributed by atoms with Crippen LogP contribution in [-0.2, 0) is 0 Å². The summed E-state index contributed by atoms with van der Waals surface area (Å²) in [6.07, 6.45) is 24.1. The highest BCUT2D eigenvalue weighted by Crippen LogP contribution is 2.15. The Morgan fingerprint density at radius 2 is 1.61 bits per heavy atom. The summed E-state index contributed by atoms with van der Waals surface area (Å²) in [5, 5.41) is 13.0. The number of aliphatic hydroxyl groups is 1. The smallest absolute Gasteiger partial charge is 0.125 e. The van der Waals surface area contributed by atoms with E-state index in [2.05, 4.69) is 24.4 Å². The van der Waals surface area contributed by atoms with Gasteiger partial charge in [0.15, 0.2) is 0 Å². The average Bonchev–Trinajstić information content (AvgIpc) is 3.00. The predicted octanol–water partition coefficient (Wildman–Crippen LogP) is 5.28. The van der Waals surface area contributed by atoms with Crippen molar-refractivity contribution in [3.63, 3.8) is 0 Å². The van der Waals surface area contributed by atoms with Gasteiger partial charge in [-0.25, -0.2) is 0 Å². The Morgan fingerprint density at radius 1 is 1.00 bits per heavy atom. The van der Waals surface area contributed by atoms with Crippen LogP contribution >= 0.6 is 0 Å². The van der Waals surface area contributed by atoms with Crippen molar-refractivity contribution in [2.45, 2.75) is 103 Å². The third-order valence-electron chi connectivity index (χ3n) is 4.57. The van der Waals surface area contributed by atoms with Gasteiger partial charge in [0.05, 0.1) is 0 Å². The number of rotatable bonds is 14. The van der Waals surface area contributed by atoms with Crippen LogP contribution in [0.5, 0.6) is 0 Å². The first-order chi connectivity index (χ1) is 11.3. The number of nitrogens with one attached hydrogen (secondary N) is 1. The van der Waals surface area contributed by atoms with Crippen molar-refractivity contribution >= 4 is 0 Å². The number of nitrogens with zero attached hydrogens (tertiary/aromatic N) is 1. The summed E-state index contributed by atoms with van der Waals surface area (Å²) in [5.41, 5.74) is 0. The van der Waals surface area contributed by atoms with E-state index in [-0.39, 0.29) is 6.17 Å². The molecule has 1 rings (SSSR count). The molecule has 0 fully saturated rings. The van der Waals surface area contributed by atoms with Crippen molar-refractivity contribution in [3.05, 3.63) is 24.6 Å². The predicted molar refractivity (Wildman–Crippen MR) is 99.8 cm³/mol. The molecule has 1 heterocycles. The third kappa shape index (κ3) is 9.70. The van der Waals surface area contributed by atoms with Crippen LogP contribution in [0.2, 0.25) is 0 Å². The highest BCUT2D eigenvalue weighted by Gasteiger charge is 2.20. The van der Waals surface area contributed by atoms with E-state index in [0.29, 0.717) is 0 Å². The molecule has 0 amide bonds. The van der Waals surface area contributed by atoms with Gasteiger partial charge in [0.2, 0.25) is 0 Å². The van der Waals surface area contributed by atoms with Crippen LogP contribution in [0.25, 0.3) is 0 Å². The van der Waals surface area contributed by atoms with Gasteiger partial charge < -0.3 is 15.3 Å². The quantitative estimate of drug-likeness (QED) is 0.337. The van der Waals surface area contributed by atoms with Gasteiger partial charge in [-0.05, 0) is 45.4 Å². The monoisotopic (exact) mass is 322 g/mol. The Kier molecular flexibility index (Phi) is 11.8. The first-order valence-corrected chi connectivity index (χ1v) is 9.79. The lowest BCUT2D eigenvalue weighted by Crippen LogP contribution is -2.40. The number of hydrogen-bond donors (Lipinski definition) is 2. The fraction of sp³-hybridized carbons (Fsp3) is 0.800. The second-order valence-corrected chi connectivity index (χ2v) is 6.74. The highest BCUT2D eigenvalue weighted by atomic mass is 16.3. The van der Waals surface area contributed by atoms with E-state index >= 15 is 0 Å². The molecule has 1 aliphatic rings. The fourth-order valence-electron chi connectivity index (χ4n) is 3.10. The lowest BCUT2D eigenvalue weighted by molar-refractivity contribution is 0.0254. The molecule has 2 unspecified atom stereocenters. The molecule has 0 saturated carbocycles. The van der Waals surface area contributed by atoms with Crippen LogP contribution in [0.3, 0.4) is 0 Å². The van der Waals surface area contributed by atoms with Crippen molar-refractivity contribution in [1.82, 2.24) is 10.2 Å². The maximum absolute atomic E-state index is 9.65. The van der Waals surface area contributed by atoms with Crippen molar-refractivity contribution in [2.24, 2.45) is 0 Å². The summed E-state index contributed by atoms with van der Waals surface area (Å²) in [5.74, 6) is 0. The summed E-state index contributed by atoms with van der Waals surface area (Å²) in [6.45, 7) is 4.09. The minimum atomic E-state index is -0.406. The number of hydrogen-bond acceptors (Lipinski definition) is 3. The Bertz CT molecular complexity index is 326. The standard InChI is InChI=1S/C20H38N2O/c1-3-4-5-6-7-8-9-10-11-12-13-14-15-16-20-21-17-18-22(20)19(2)23/h10-11,17-21,23H,3-9,12-16H2,1-2H3/b11-10+. The molecular weight excluding hydrogens is 284 g/mol. The molecule has 0 saturated heterocycles. The third-order valence-corrected chi connectivity index (χ3v) is 4.57. The summed E-state index contributed by atoms with van der Waals surface area (Å²) in [4.78, 5) is 1.99. The SMILES string of the molecule is CCCCCCCC/C=C/CCCCCC1NC=CN1C(C)O. The molecule has 0 aliphatic carbocycles. The molecule has 0 radical (unpaired) electrons. The lowest BCUT2D eigenvalue weighted by atomic mass is 10.1. The van der Waals surface area contributed by atoms with E-state index in [9.17, 15) is 5.11 Å². The molecule has 3 heteroatoms. The van der Waals surface area contributed by atoms with E-state index in [4.69, 9.17) is 0 Å². The zero-order valence-electron chi connectivity index (χ0n) is 15.3. The topological polar surface area (TPSA) is 35.5 Å². The van der Waals surface area contributed by atoms with Gasteiger partial charge in [-0.1, -0.05) is 57.6 Å². The molecule has 0 spiro atoms. The van der Waals surface area contributed by atoms with E-state index in [1.165, 1.54) is 70.6 Å². The number of allylic oxidation sites excluding steroid dienone is 2. The van der Waals surface area contributed by atoms with E-state index in [1.807, 2.05) is 24.2 Å². The lowest BCUT2D eigenvalue weighted by Gasteiger charge is -2.28. The van der Waals surface area contributed by atoms with Gasteiger partial charge in [-0.2, -0.15) is 0 Å². The van der Waals surface area contributed by atoms with Gasteiger partial charge in [0, 0.05) is 12.4 Å². The molecule has 0 aromatic carbocycles. The van der Waals surface area contributed by atoms with Crippen LogP contribution in [0, 0.1) is 0 Å². The average molecular weight is 323 g/mol. The molecule has 1 aliphatic heterocycles. The van der Waals surface area contributed by atoms with Crippen molar-refractivity contribution < 1.29 is 5.11 Å². The Balaban J connectivity index is 1.87. The molecular formula is C20H38N2O. The Labute approximate surface area is 143 Å². The summed E-state index contributed by atoms with van der Waals surface area (Å²) in [7, 11) is 0. The summed E-state index contributed by atoms with van der Waals surface area (Å²) in [6, 6.07) is 0. The van der Waals surface area contributed by atoms with Crippen LogP contribution in [0.1, 0.15) is 90.9 Å². The van der Waals surface area contributed by atoms with Crippen LogP contribution in [0.4, 0.5) is 0 Å².